The molecule has 1 rings (SSSR count). The van der Waals surface area contributed by atoms with Crippen molar-refractivity contribution in [2.45, 2.75) is 4.90 Å². The second-order valence-electron chi connectivity index (χ2n) is 2.29. The van der Waals surface area contributed by atoms with Gasteiger partial charge in [0.05, 0.1) is 0 Å². The van der Waals surface area contributed by atoms with Crippen LogP contribution in [0.25, 0.3) is 0 Å². The minimum atomic E-state index is -4.44. The number of hydrogen-bond acceptors (Lipinski definition) is 4. The Morgan fingerprint density at radius 2 is 1.86 bits per heavy atom. The molecule has 1 aromatic carbocycles. The molecule has 0 heterocycles. The van der Waals surface area contributed by atoms with Gasteiger partial charge in [-0.05, 0) is 12.1 Å². The van der Waals surface area contributed by atoms with E-state index in [0.29, 0.717) is 0 Å². The van der Waals surface area contributed by atoms with Crippen LogP contribution in [0.4, 0.5) is 0 Å². The van der Waals surface area contributed by atoms with Gasteiger partial charge in [-0.3, -0.25) is 4.55 Å². The maximum atomic E-state index is 10.7. The van der Waals surface area contributed by atoms with E-state index in [4.69, 9.17) is 9.45 Å². The Balaban J connectivity index is 3.23. The van der Waals surface area contributed by atoms with Crippen LogP contribution in [-0.4, -0.2) is 17.9 Å². The first-order valence-corrected chi connectivity index (χ1v) is 6.09. The molecule has 0 aliphatic carbocycles. The fourth-order valence-electron chi connectivity index (χ4n) is 0.842. The fraction of sp³-hybridized carbons (Fsp3) is 0. The van der Waals surface area contributed by atoms with E-state index in [9.17, 15) is 13.0 Å². The van der Waals surface area contributed by atoms with Crippen molar-refractivity contribution < 1.29 is 27.0 Å². The van der Waals surface area contributed by atoms with E-state index in [2.05, 4.69) is 4.52 Å². The normalized spacial score (nSPS) is 13.6. The SMILES string of the molecule is O=[PH](O)Oc1ccccc1S(=O)(=O)O. The fourth-order valence-corrected chi connectivity index (χ4v) is 1.90. The highest BCUT2D eigenvalue weighted by atomic mass is 32.2. The van der Waals surface area contributed by atoms with Gasteiger partial charge in [0.25, 0.3) is 10.1 Å². The van der Waals surface area contributed by atoms with Gasteiger partial charge in [-0.25, -0.2) is 4.57 Å². The van der Waals surface area contributed by atoms with Crippen LogP contribution in [-0.2, 0) is 14.7 Å². The number of rotatable bonds is 3. The lowest BCUT2D eigenvalue weighted by atomic mass is 10.3. The quantitative estimate of drug-likeness (QED) is 0.593. The molecule has 6 nitrogen and oxygen atoms in total. The van der Waals surface area contributed by atoms with Crippen molar-refractivity contribution in [3.05, 3.63) is 24.3 Å². The summed E-state index contributed by atoms with van der Waals surface area (Å²) >= 11 is 0. The van der Waals surface area contributed by atoms with E-state index >= 15 is 0 Å². The molecule has 0 bridgehead atoms. The zero-order valence-corrected chi connectivity index (χ0v) is 8.56. The molecule has 0 amide bonds. The van der Waals surface area contributed by atoms with Crippen molar-refractivity contribution in [1.29, 1.82) is 0 Å². The van der Waals surface area contributed by atoms with Crippen LogP contribution >= 0.6 is 8.25 Å². The van der Waals surface area contributed by atoms with Crippen LogP contribution in [0.2, 0.25) is 0 Å². The van der Waals surface area contributed by atoms with Crippen LogP contribution in [0.3, 0.4) is 0 Å². The summed E-state index contributed by atoms with van der Waals surface area (Å²) in [5.41, 5.74) is 0. The Morgan fingerprint density at radius 1 is 1.29 bits per heavy atom. The third kappa shape index (κ3) is 2.81. The third-order valence-electron chi connectivity index (χ3n) is 1.32. The topological polar surface area (TPSA) is 101 Å². The largest absolute Gasteiger partial charge is 0.425 e. The second-order valence-corrected chi connectivity index (χ2v) is 4.42. The summed E-state index contributed by atoms with van der Waals surface area (Å²) in [4.78, 5) is 7.91. The molecule has 0 spiro atoms. The molecule has 0 radical (unpaired) electrons. The molecule has 78 valence electrons. The summed E-state index contributed by atoms with van der Waals surface area (Å²) < 4.78 is 44.8. The molecular formula is C6H7O6PS. The van der Waals surface area contributed by atoms with Gasteiger partial charge in [-0.2, -0.15) is 8.42 Å². The summed E-state index contributed by atoms with van der Waals surface area (Å²) in [5.74, 6) is -0.346. The Morgan fingerprint density at radius 3 is 2.36 bits per heavy atom. The molecular weight excluding hydrogens is 231 g/mol. The van der Waals surface area contributed by atoms with Gasteiger partial charge in [0, 0.05) is 0 Å². The Hall–Kier alpha value is -0.880. The third-order valence-corrected chi connectivity index (χ3v) is 2.61. The lowest BCUT2D eigenvalue weighted by molar-refractivity contribution is 0.404. The standard InChI is InChI=1S/C6H7O6PS/c7-13(8)12-5-3-1-2-4-6(5)14(9,10)11/h1-4,13H,(H,7,8)(H,9,10,11). The molecule has 0 aromatic heterocycles. The van der Waals surface area contributed by atoms with Gasteiger partial charge >= 0.3 is 8.25 Å². The minimum Gasteiger partial charge on any atom is -0.425 e. The zero-order valence-electron chi connectivity index (χ0n) is 6.75. The second kappa shape index (κ2) is 4.10. The molecule has 1 atom stereocenters. The Labute approximate surface area is 80.8 Å². The van der Waals surface area contributed by atoms with Crippen molar-refractivity contribution >= 4 is 18.4 Å². The van der Waals surface area contributed by atoms with Crippen LogP contribution < -0.4 is 4.52 Å². The van der Waals surface area contributed by atoms with Crippen molar-refractivity contribution in [2.75, 3.05) is 0 Å². The zero-order chi connectivity index (χ0) is 10.8. The first-order chi connectivity index (χ1) is 6.41. The molecule has 8 heteroatoms. The molecule has 0 saturated carbocycles. The van der Waals surface area contributed by atoms with Crippen molar-refractivity contribution in [3.8, 4) is 5.75 Å². The summed E-state index contributed by atoms with van der Waals surface area (Å²) in [7, 11) is -7.73. The maximum absolute atomic E-state index is 10.7. The van der Waals surface area contributed by atoms with Crippen molar-refractivity contribution in [3.63, 3.8) is 0 Å². The Bertz CT molecular complexity index is 453. The Kier molecular flexibility index (Phi) is 3.28. The van der Waals surface area contributed by atoms with E-state index in [1.54, 1.807) is 0 Å². The minimum absolute atomic E-state index is 0.346. The maximum Gasteiger partial charge on any atom is 0.365 e. The van der Waals surface area contributed by atoms with Gasteiger partial charge in [-0.1, -0.05) is 12.1 Å². The van der Waals surface area contributed by atoms with E-state index in [1.165, 1.54) is 18.2 Å². The molecule has 1 aromatic rings. The highest BCUT2D eigenvalue weighted by Gasteiger charge is 2.16. The van der Waals surface area contributed by atoms with Crippen LogP contribution in [0.1, 0.15) is 0 Å². The van der Waals surface area contributed by atoms with E-state index in [0.717, 1.165) is 6.07 Å². The van der Waals surface area contributed by atoms with Gasteiger partial charge < -0.3 is 9.42 Å². The molecule has 0 fully saturated rings. The van der Waals surface area contributed by atoms with Gasteiger partial charge in [0.2, 0.25) is 0 Å². The molecule has 0 aliphatic heterocycles. The highest BCUT2D eigenvalue weighted by molar-refractivity contribution is 7.86. The summed E-state index contributed by atoms with van der Waals surface area (Å²) in [6, 6.07) is 5.00. The van der Waals surface area contributed by atoms with Gasteiger partial charge in [-0.15, -0.1) is 0 Å². The molecule has 0 aliphatic rings. The monoisotopic (exact) mass is 238 g/mol. The molecule has 14 heavy (non-hydrogen) atoms. The van der Waals surface area contributed by atoms with Crippen LogP contribution in [0.15, 0.2) is 29.2 Å². The average Bonchev–Trinajstić information content (AvgIpc) is 2.01. The smallest absolute Gasteiger partial charge is 0.365 e. The van der Waals surface area contributed by atoms with Crippen molar-refractivity contribution in [2.24, 2.45) is 0 Å². The lowest BCUT2D eigenvalue weighted by Gasteiger charge is -2.05. The first-order valence-electron chi connectivity index (χ1n) is 3.38. The van der Waals surface area contributed by atoms with Crippen molar-refractivity contribution in [1.82, 2.24) is 0 Å². The lowest BCUT2D eigenvalue weighted by Crippen LogP contribution is -2.00. The van der Waals surface area contributed by atoms with Gasteiger partial charge in [0.1, 0.15) is 10.6 Å². The summed E-state index contributed by atoms with van der Waals surface area (Å²) in [6.45, 7) is 0. The predicted molar refractivity (Wildman–Crippen MR) is 48.1 cm³/mol. The average molecular weight is 238 g/mol. The molecule has 0 saturated heterocycles. The van der Waals surface area contributed by atoms with Crippen LogP contribution in [0, 0.1) is 0 Å². The van der Waals surface area contributed by atoms with E-state index in [-0.39, 0.29) is 5.75 Å². The summed E-state index contributed by atoms with van der Waals surface area (Å²) in [5, 5.41) is 0. The number of hydrogen-bond donors (Lipinski definition) is 2. The molecule has 1 unspecified atom stereocenters. The van der Waals surface area contributed by atoms with Gasteiger partial charge in [0.15, 0.2) is 0 Å². The molecule has 2 N–H and O–H groups in total. The first kappa shape index (κ1) is 11.2. The van der Waals surface area contributed by atoms with E-state index in [1.807, 2.05) is 0 Å². The highest BCUT2D eigenvalue weighted by Crippen LogP contribution is 2.29. The van der Waals surface area contributed by atoms with Crippen LogP contribution in [0.5, 0.6) is 5.75 Å². The number of benzene rings is 1. The summed E-state index contributed by atoms with van der Waals surface area (Å²) in [6.07, 6.45) is 0. The predicted octanol–water partition coefficient (Wildman–Crippen LogP) is 0.694. The number of para-hydroxylation sites is 1. The van der Waals surface area contributed by atoms with E-state index < -0.39 is 23.3 Å².